The molecule has 0 aliphatic carbocycles. The number of morpholine rings is 1. The summed E-state index contributed by atoms with van der Waals surface area (Å²) in [6, 6.07) is 15.7. The summed E-state index contributed by atoms with van der Waals surface area (Å²) in [5.74, 6) is 0.660. The maximum Gasteiger partial charge on any atom is 0.256 e. The van der Waals surface area contributed by atoms with Crippen LogP contribution >= 0.6 is 0 Å². The molecule has 1 unspecified atom stereocenters. The Balaban J connectivity index is 1.42. The summed E-state index contributed by atoms with van der Waals surface area (Å²) in [5, 5.41) is 8.47. The molecule has 2 aromatic heterocycles. The van der Waals surface area contributed by atoms with E-state index in [0.717, 1.165) is 22.4 Å². The van der Waals surface area contributed by atoms with E-state index < -0.39 is 0 Å². The lowest BCUT2D eigenvalue weighted by atomic mass is 10.00. The summed E-state index contributed by atoms with van der Waals surface area (Å²) in [6.07, 6.45) is 5.66. The van der Waals surface area contributed by atoms with Gasteiger partial charge in [0.2, 0.25) is 0 Å². The van der Waals surface area contributed by atoms with Crippen molar-refractivity contribution in [3.8, 4) is 17.1 Å². The number of ether oxygens (including phenoxy) is 1. The summed E-state index contributed by atoms with van der Waals surface area (Å²) in [6.45, 7) is 5.46. The molecule has 1 aliphatic rings. The van der Waals surface area contributed by atoms with Gasteiger partial charge in [0, 0.05) is 24.0 Å². The SMILES string of the molecule is Cc1ccc(-n2nccn2)c(C(=O)N2CCOCC2Cc2cccc(-c3nccc(C)n3)c2)c1. The van der Waals surface area contributed by atoms with Crippen molar-refractivity contribution in [2.24, 2.45) is 0 Å². The Hall–Kier alpha value is -3.91. The van der Waals surface area contributed by atoms with Crippen molar-refractivity contribution in [1.29, 1.82) is 0 Å². The summed E-state index contributed by atoms with van der Waals surface area (Å²) in [5.41, 5.74) is 5.26. The zero-order valence-corrected chi connectivity index (χ0v) is 19.3. The first kappa shape index (κ1) is 21.9. The fraction of sp³-hybridized carbons (Fsp3) is 0.269. The van der Waals surface area contributed by atoms with Gasteiger partial charge in [0.05, 0.1) is 42.9 Å². The van der Waals surface area contributed by atoms with Gasteiger partial charge in [-0.15, -0.1) is 0 Å². The van der Waals surface area contributed by atoms with Crippen LogP contribution in [0.2, 0.25) is 0 Å². The molecule has 0 spiro atoms. The van der Waals surface area contributed by atoms with Gasteiger partial charge in [0.1, 0.15) is 0 Å². The highest BCUT2D eigenvalue weighted by atomic mass is 16.5. The Morgan fingerprint density at radius 3 is 2.74 bits per heavy atom. The molecule has 0 saturated carbocycles. The zero-order chi connectivity index (χ0) is 23.5. The van der Waals surface area contributed by atoms with E-state index in [1.807, 2.05) is 55.1 Å². The summed E-state index contributed by atoms with van der Waals surface area (Å²) in [7, 11) is 0. The molecule has 8 heteroatoms. The lowest BCUT2D eigenvalue weighted by molar-refractivity contribution is -0.00165. The van der Waals surface area contributed by atoms with Crippen molar-refractivity contribution in [2.75, 3.05) is 19.8 Å². The number of aryl methyl sites for hydroxylation is 2. The minimum Gasteiger partial charge on any atom is -0.377 e. The smallest absolute Gasteiger partial charge is 0.256 e. The summed E-state index contributed by atoms with van der Waals surface area (Å²) >= 11 is 0. The number of nitrogens with zero attached hydrogens (tertiary/aromatic N) is 6. The Morgan fingerprint density at radius 2 is 1.91 bits per heavy atom. The number of benzene rings is 2. The van der Waals surface area contributed by atoms with Crippen LogP contribution in [0.15, 0.2) is 67.1 Å². The number of carbonyl (C=O) groups is 1. The molecule has 1 amide bonds. The fourth-order valence-corrected chi connectivity index (χ4v) is 4.28. The molecule has 0 bridgehead atoms. The minimum absolute atomic E-state index is 0.0394. The topological polar surface area (TPSA) is 86.0 Å². The molecule has 1 saturated heterocycles. The molecule has 172 valence electrons. The van der Waals surface area contributed by atoms with E-state index >= 15 is 0 Å². The Morgan fingerprint density at radius 1 is 1.06 bits per heavy atom. The van der Waals surface area contributed by atoms with E-state index in [4.69, 9.17) is 4.74 Å². The van der Waals surface area contributed by atoms with Crippen LogP contribution < -0.4 is 0 Å². The monoisotopic (exact) mass is 454 g/mol. The molecule has 4 aromatic rings. The number of carbonyl (C=O) groups excluding carboxylic acids is 1. The van der Waals surface area contributed by atoms with Crippen molar-refractivity contribution in [1.82, 2.24) is 29.9 Å². The van der Waals surface area contributed by atoms with E-state index in [9.17, 15) is 4.79 Å². The molecule has 5 rings (SSSR count). The van der Waals surface area contributed by atoms with Crippen LogP contribution in [0.1, 0.15) is 27.2 Å². The average molecular weight is 455 g/mol. The van der Waals surface area contributed by atoms with E-state index in [2.05, 4.69) is 32.3 Å². The third-order valence-corrected chi connectivity index (χ3v) is 5.96. The van der Waals surface area contributed by atoms with Crippen molar-refractivity contribution in [3.63, 3.8) is 0 Å². The third kappa shape index (κ3) is 4.58. The molecule has 1 aliphatic heterocycles. The third-order valence-electron chi connectivity index (χ3n) is 5.96. The quantitative estimate of drug-likeness (QED) is 0.459. The Bertz CT molecular complexity index is 1300. The molecule has 8 nitrogen and oxygen atoms in total. The van der Waals surface area contributed by atoms with Crippen LogP contribution in [0.3, 0.4) is 0 Å². The second kappa shape index (κ2) is 9.52. The van der Waals surface area contributed by atoms with Crippen molar-refractivity contribution in [3.05, 3.63) is 89.5 Å². The van der Waals surface area contributed by atoms with Gasteiger partial charge in [-0.05, 0) is 50.1 Å². The predicted octanol–water partition coefficient (Wildman–Crippen LogP) is 3.42. The first-order valence-electron chi connectivity index (χ1n) is 11.3. The Kier molecular flexibility index (Phi) is 6.14. The Labute approximate surface area is 198 Å². The number of hydrogen-bond donors (Lipinski definition) is 0. The molecule has 3 heterocycles. The highest BCUT2D eigenvalue weighted by Gasteiger charge is 2.30. The van der Waals surface area contributed by atoms with Crippen LogP contribution in [0, 0.1) is 13.8 Å². The maximum absolute atomic E-state index is 13.8. The second-order valence-corrected chi connectivity index (χ2v) is 8.49. The lowest BCUT2D eigenvalue weighted by Crippen LogP contribution is -2.50. The zero-order valence-electron chi connectivity index (χ0n) is 19.3. The minimum atomic E-state index is -0.0890. The highest BCUT2D eigenvalue weighted by Crippen LogP contribution is 2.23. The van der Waals surface area contributed by atoms with Gasteiger partial charge < -0.3 is 9.64 Å². The lowest BCUT2D eigenvalue weighted by Gasteiger charge is -2.36. The first-order valence-corrected chi connectivity index (χ1v) is 11.3. The van der Waals surface area contributed by atoms with E-state index in [0.29, 0.717) is 43.3 Å². The highest BCUT2D eigenvalue weighted by molar-refractivity contribution is 5.98. The maximum atomic E-state index is 13.8. The number of hydrogen-bond acceptors (Lipinski definition) is 6. The number of aromatic nitrogens is 5. The molecule has 2 aromatic carbocycles. The summed E-state index contributed by atoms with van der Waals surface area (Å²) < 4.78 is 5.78. The van der Waals surface area contributed by atoms with Crippen LogP contribution in [-0.2, 0) is 11.2 Å². The average Bonchev–Trinajstić information content (AvgIpc) is 3.39. The van der Waals surface area contributed by atoms with E-state index in [1.54, 1.807) is 18.6 Å². The standard InChI is InChI=1S/C26H26N6O2/c1-18-6-7-24(32-28-10-11-29-32)23(14-18)26(33)31-12-13-34-17-22(31)16-20-4-3-5-21(15-20)25-27-9-8-19(2)30-25/h3-11,14-15,22H,12-13,16-17H2,1-2H3. The largest absolute Gasteiger partial charge is 0.377 e. The van der Waals surface area contributed by atoms with Crippen LogP contribution in [0.25, 0.3) is 17.1 Å². The predicted molar refractivity (Wildman–Crippen MR) is 128 cm³/mol. The van der Waals surface area contributed by atoms with E-state index in [1.165, 1.54) is 4.80 Å². The summed E-state index contributed by atoms with van der Waals surface area (Å²) in [4.78, 5) is 26.1. The molecular formula is C26H26N6O2. The van der Waals surface area contributed by atoms with Crippen LogP contribution in [-0.4, -0.2) is 61.6 Å². The molecule has 1 fully saturated rings. The number of rotatable bonds is 5. The molecule has 34 heavy (non-hydrogen) atoms. The van der Waals surface area contributed by atoms with Crippen molar-refractivity contribution >= 4 is 5.91 Å². The first-order chi connectivity index (χ1) is 16.6. The second-order valence-electron chi connectivity index (χ2n) is 8.49. The van der Waals surface area contributed by atoms with Gasteiger partial charge in [-0.25, -0.2) is 9.97 Å². The van der Waals surface area contributed by atoms with Gasteiger partial charge in [-0.2, -0.15) is 15.0 Å². The van der Waals surface area contributed by atoms with Crippen LogP contribution in [0.4, 0.5) is 0 Å². The van der Waals surface area contributed by atoms with Gasteiger partial charge in [0.15, 0.2) is 5.82 Å². The van der Waals surface area contributed by atoms with Crippen molar-refractivity contribution < 1.29 is 9.53 Å². The van der Waals surface area contributed by atoms with E-state index in [-0.39, 0.29) is 11.9 Å². The molecule has 0 N–H and O–H groups in total. The normalized spacial score (nSPS) is 15.9. The van der Waals surface area contributed by atoms with Gasteiger partial charge in [-0.1, -0.05) is 29.8 Å². The molecular weight excluding hydrogens is 428 g/mol. The number of amides is 1. The van der Waals surface area contributed by atoms with Crippen LogP contribution in [0.5, 0.6) is 0 Å². The fourth-order valence-electron chi connectivity index (χ4n) is 4.28. The van der Waals surface area contributed by atoms with Gasteiger partial charge >= 0.3 is 0 Å². The van der Waals surface area contributed by atoms with Crippen molar-refractivity contribution in [2.45, 2.75) is 26.3 Å². The van der Waals surface area contributed by atoms with Gasteiger partial charge in [-0.3, -0.25) is 4.79 Å². The molecule has 1 atom stereocenters. The molecule has 0 radical (unpaired) electrons. The van der Waals surface area contributed by atoms with Gasteiger partial charge in [0.25, 0.3) is 5.91 Å².